The highest BCUT2D eigenvalue weighted by atomic mass is 35.5. The van der Waals surface area contributed by atoms with Crippen molar-refractivity contribution in [3.63, 3.8) is 0 Å². The number of hydrogen-bond acceptors (Lipinski definition) is 2. The first-order chi connectivity index (χ1) is 7.22. The van der Waals surface area contributed by atoms with Crippen LogP contribution in [0, 0.1) is 11.8 Å². The number of halogens is 1. The van der Waals surface area contributed by atoms with Crippen LogP contribution in [-0.4, -0.2) is 29.9 Å². The molecule has 1 aliphatic carbocycles. The molecule has 1 heterocycles. The highest BCUT2D eigenvalue weighted by Crippen LogP contribution is 2.30. The summed E-state index contributed by atoms with van der Waals surface area (Å²) in [5, 5.41) is 0. The standard InChI is InChI=1S/C12H22N2O.ClH/c1-9-6-10(7-13)8-14(9)12(15)11-4-2-3-5-11;/h9-11H,2-8,13H2,1H3;1H. The molecule has 2 unspecified atom stereocenters. The number of likely N-dealkylation sites (tertiary alicyclic amines) is 1. The zero-order chi connectivity index (χ0) is 10.8. The molecule has 1 saturated carbocycles. The lowest BCUT2D eigenvalue weighted by molar-refractivity contribution is -0.136. The lowest BCUT2D eigenvalue weighted by atomic mass is 10.1. The molecule has 0 aromatic rings. The van der Waals surface area contributed by atoms with E-state index in [1.807, 2.05) is 0 Å². The number of nitrogens with two attached hydrogens (primary N) is 1. The molecule has 2 fully saturated rings. The molecular weight excluding hydrogens is 224 g/mol. The molecule has 1 aliphatic heterocycles. The first kappa shape index (κ1) is 13.8. The third kappa shape index (κ3) is 2.69. The second-order valence-electron chi connectivity index (χ2n) is 5.16. The molecule has 1 amide bonds. The summed E-state index contributed by atoms with van der Waals surface area (Å²) in [7, 11) is 0. The molecule has 0 spiro atoms. The van der Waals surface area contributed by atoms with E-state index in [0.717, 1.165) is 32.4 Å². The molecule has 2 atom stereocenters. The van der Waals surface area contributed by atoms with Crippen LogP contribution in [0.2, 0.25) is 0 Å². The van der Waals surface area contributed by atoms with Crippen LogP contribution in [0.25, 0.3) is 0 Å². The van der Waals surface area contributed by atoms with Gasteiger partial charge in [-0.25, -0.2) is 0 Å². The monoisotopic (exact) mass is 246 g/mol. The molecule has 2 aliphatic rings. The van der Waals surface area contributed by atoms with E-state index in [2.05, 4.69) is 11.8 Å². The summed E-state index contributed by atoms with van der Waals surface area (Å²) >= 11 is 0. The second-order valence-corrected chi connectivity index (χ2v) is 5.16. The van der Waals surface area contributed by atoms with Gasteiger partial charge < -0.3 is 10.6 Å². The first-order valence-corrected chi connectivity index (χ1v) is 6.23. The van der Waals surface area contributed by atoms with E-state index in [9.17, 15) is 4.79 Å². The Hall–Kier alpha value is -0.280. The van der Waals surface area contributed by atoms with Crippen LogP contribution in [0.3, 0.4) is 0 Å². The fraction of sp³-hybridized carbons (Fsp3) is 0.917. The van der Waals surface area contributed by atoms with E-state index in [4.69, 9.17) is 5.73 Å². The van der Waals surface area contributed by atoms with Gasteiger partial charge in [0.15, 0.2) is 0 Å². The molecule has 3 nitrogen and oxygen atoms in total. The van der Waals surface area contributed by atoms with Gasteiger partial charge in [-0.15, -0.1) is 12.4 Å². The van der Waals surface area contributed by atoms with E-state index >= 15 is 0 Å². The summed E-state index contributed by atoms with van der Waals surface area (Å²) in [6.07, 6.45) is 5.78. The minimum atomic E-state index is 0. The van der Waals surface area contributed by atoms with Crippen molar-refractivity contribution in [2.45, 2.75) is 45.1 Å². The summed E-state index contributed by atoms with van der Waals surface area (Å²) in [6.45, 7) is 3.77. The average Bonchev–Trinajstić information content (AvgIpc) is 2.85. The predicted octanol–water partition coefficient (Wildman–Crippen LogP) is 1.79. The molecule has 2 N–H and O–H groups in total. The van der Waals surface area contributed by atoms with Crippen molar-refractivity contribution >= 4 is 18.3 Å². The number of carbonyl (C=O) groups is 1. The third-order valence-electron chi connectivity index (χ3n) is 3.98. The number of amides is 1. The maximum absolute atomic E-state index is 12.2. The molecule has 0 aromatic carbocycles. The quantitative estimate of drug-likeness (QED) is 0.808. The van der Waals surface area contributed by atoms with Crippen molar-refractivity contribution in [1.82, 2.24) is 4.90 Å². The Morgan fingerprint density at radius 3 is 2.50 bits per heavy atom. The van der Waals surface area contributed by atoms with Crippen LogP contribution in [0.4, 0.5) is 0 Å². The van der Waals surface area contributed by atoms with Crippen LogP contribution >= 0.6 is 12.4 Å². The lowest BCUT2D eigenvalue weighted by Gasteiger charge is -2.24. The van der Waals surface area contributed by atoms with Crippen molar-refractivity contribution in [2.24, 2.45) is 17.6 Å². The average molecular weight is 247 g/mol. The summed E-state index contributed by atoms with van der Waals surface area (Å²) in [6, 6.07) is 0.409. The van der Waals surface area contributed by atoms with Crippen molar-refractivity contribution in [3.05, 3.63) is 0 Å². The normalized spacial score (nSPS) is 30.5. The van der Waals surface area contributed by atoms with E-state index in [-0.39, 0.29) is 12.4 Å². The van der Waals surface area contributed by atoms with Gasteiger partial charge in [0.2, 0.25) is 5.91 Å². The van der Waals surface area contributed by atoms with Crippen LogP contribution in [0.5, 0.6) is 0 Å². The van der Waals surface area contributed by atoms with Crippen LogP contribution in [-0.2, 0) is 4.79 Å². The predicted molar refractivity (Wildman–Crippen MR) is 67.5 cm³/mol. The maximum Gasteiger partial charge on any atom is 0.225 e. The van der Waals surface area contributed by atoms with Crippen molar-refractivity contribution in [1.29, 1.82) is 0 Å². The van der Waals surface area contributed by atoms with E-state index in [1.165, 1.54) is 12.8 Å². The van der Waals surface area contributed by atoms with Gasteiger partial charge in [0.25, 0.3) is 0 Å². The van der Waals surface area contributed by atoms with E-state index in [0.29, 0.717) is 23.8 Å². The fourth-order valence-corrected chi connectivity index (χ4v) is 3.03. The number of carbonyl (C=O) groups excluding carboxylic acids is 1. The molecular formula is C12H23ClN2O. The van der Waals surface area contributed by atoms with Crippen LogP contribution < -0.4 is 5.73 Å². The Bertz CT molecular complexity index is 241. The maximum atomic E-state index is 12.2. The summed E-state index contributed by atoms with van der Waals surface area (Å²) < 4.78 is 0. The van der Waals surface area contributed by atoms with Crippen molar-refractivity contribution < 1.29 is 4.79 Å². The highest BCUT2D eigenvalue weighted by Gasteiger charge is 2.35. The Morgan fingerprint density at radius 1 is 1.38 bits per heavy atom. The van der Waals surface area contributed by atoms with Crippen LogP contribution in [0.15, 0.2) is 0 Å². The zero-order valence-electron chi connectivity index (χ0n) is 10.0. The molecule has 1 saturated heterocycles. The van der Waals surface area contributed by atoms with Crippen molar-refractivity contribution in [3.8, 4) is 0 Å². The van der Waals surface area contributed by atoms with Gasteiger partial charge in [-0.05, 0) is 38.6 Å². The van der Waals surface area contributed by atoms with Gasteiger partial charge in [0.1, 0.15) is 0 Å². The molecule has 94 valence electrons. The molecule has 2 rings (SSSR count). The van der Waals surface area contributed by atoms with Gasteiger partial charge in [-0.2, -0.15) is 0 Å². The SMILES string of the molecule is CC1CC(CN)CN1C(=O)C1CCCC1.Cl. The lowest BCUT2D eigenvalue weighted by Crippen LogP contribution is -2.38. The Kier molecular flexibility index (Phi) is 5.06. The third-order valence-corrected chi connectivity index (χ3v) is 3.98. The summed E-state index contributed by atoms with van der Waals surface area (Å²) in [5.41, 5.74) is 5.67. The second kappa shape index (κ2) is 5.87. The van der Waals surface area contributed by atoms with Gasteiger partial charge >= 0.3 is 0 Å². The summed E-state index contributed by atoms with van der Waals surface area (Å²) in [5.74, 6) is 1.25. The summed E-state index contributed by atoms with van der Waals surface area (Å²) in [4.78, 5) is 14.3. The molecule has 16 heavy (non-hydrogen) atoms. The number of nitrogens with zero attached hydrogens (tertiary/aromatic N) is 1. The number of rotatable bonds is 2. The minimum absolute atomic E-state index is 0. The smallest absolute Gasteiger partial charge is 0.225 e. The molecule has 0 radical (unpaired) electrons. The largest absolute Gasteiger partial charge is 0.339 e. The fourth-order valence-electron chi connectivity index (χ4n) is 3.03. The highest BCUT2D eigenvalue weighted by molar-refractivity contribution is 5.85. The van der Waals surface area contributed by atoms with Gasteiger partial charge in [0, 0.05) is 18.5 Å². The van der Waals surface area contributed by atoms with Gasteiger partial charge in [-0.1, -0.05) is 12.8 Å². The Morgan fingerprint density at radius 2 is 2.00 bits per heavy atom. The first-order valence-electron chi connectivity index (χ1n) is 6.23. The van der Waals surface area contributed by atoms with Crippen LogP contribution in [0.1, 0.15) is 39.0 Å². The topological polar surface area (TPSA) is 46.3 Å². The molecule has 0 bridgehead atoms. The number of hydrogen-bond donors (Lipinski definition) is 1. The molecule has 4 heteroatoms. The van der Waals surface area contributed by atoms with Gasteiger partial charge in [0.05, 0.1) is 0 Å². The van der Waals surface area contributed by atoms with E-state index in [1.54, 1.807) is 0 Å². The molecule has 0 aromatic heterocycles. The zero-order valence-corrected chi connectivity index (χ0v) is 10.8. The Labute approximate surface area is 104 Å². The van der Waals surface area contributed by atoms with E-state index < -0.39 is 0 Å². The van der Waals surface area contributed by atoms with Crippen molar-refractivity contribution in [2.75, 3.05) is 13.1 Å². The van der Waals surface area contributed by atoms with Gasteiger partial charge in [-0.3, -0.25) is 4.79 Å². The minimum Gasteiger partial charge on any atom is -0.339 e. The Balaban J connectivity index is 0.00000128.